The van der Waals surface area contributed by atoms with Gasteiger partial charge >= 0.3 is 0 Å². The summed E-state index contributed by atoms with van der Waals surface area (Å²) >= 11 is 0. The van der Waals surface area contributed by atoms with Gasteiger partial charge in [-0.3, -0.25) is 9.00 Å². The molecule has 0 aliphatic carbocycles. The number of hydrogen-bond acceptors (Lipinski definition) is 3. The first-order chi connectivity index (χ1) is 8.95. The molecular weight excluding hydrogens is 260 g/mol. The fourth-order valence-corrected chi connectivity index (χ4v) is 2.94. The maximum atomic E-state index is 12.2. The minimum atomic E-state index is -1.34. The molecule has 0 aromatic heterocycles. The van der Waals surface area contributed by atoms with E-state index in [1.165, 1.54) is 4.90 Å². The molecule has 0 N–H and O–H groups in total. The molecule has 1 unspecified atom stereocenters. The Morgan fingerprint density at radius 1 is 1.42 bits per heavy atom. The molecule has 5 heteroatoms. The summed E-state index contributed by atoms with van der Waals surface area (Å²) in [6.45, 7) is 4.19. The number of rotatable bonds is 5. The van der Waals surface area contributed by atoms with Crippen LogP contribution in [-0.4, -0.2) is 34.4 Å². The Hall–Kier alpha value is -1.67. The van der Waals surface area contributed by atoms with Gasteiger partial charge in [0.05, 0.1) is 23.3 Å². The van der Waals surface area contributed by atoms with Gasteiger partial charge < -0.3 is 4.90 Å². The molecule has 0 aliphatic rings. The van der Waals surface area contributed by atoms with Crippen LogP contribution in [0.4, 0.5) is 0 Å². The van der Waals surface area contributed by atoms with Crippen molar-refractivity contribution in [2.75, 3.05) is 19.3 Å². The first-order valence-corrected chi connectivity index (χ1v) is 7.34. The molecular formula is C14H18N2O2S. The van der Waals surface area contributed by atoms with Gasteiger partial charge in [0.25, 0.3) is 0 Å². The molecule has 0 saturated heterocycles. The molecule has 0 saturated carbocycles. The second-order valence-electron chi connectivity index (χ2n) is 4.48. The van der Waals surface area contributed by atoms with Gasteiger partial charge in [0, 0.05) is 18.5 Å². The predicted molar refractivity (Wildman–Crippen MR) is 75.1 cm³/mol. The summed E-state index contributed by atoms with van der Waals surface area (Å²) in [5.74, 6) is -0.235. The van der Waals surface area contributed by atoms with E-state index in [4.69, 9.17) is 5.26 Å². The van der Waals surface area contributed by atoms with E-state index in [9.17, 15) is 9.00 Å². The van der Waals surface area contributed by atoms with Crippen LogP contribution in [0, 0.1) is 25.2 Å². The molecule has 1 atom stereocenters. The third kappa shape index (κ3) is 4.49. The zero-order chi connectivity index (χ0) is 14.4. The Balaban J connectivity index is 2.72. The standard InChI is InChI=1S/C14H18N2O2S/c1-11-5-6-12(2)13(9-11)19(18)10-14(17)16(3)8-4-7-15/h5-6,9H,4,8,10H2,1-3H3. The molecule has 1 amide bonds. The smallest absolute Gasteiger partial charge is 0.235 e. The average Bonchev–Trinajstić information content (AvgIpc) is 2.38. The van der Waals surface area contributed by atoms with Crippen molar-refractivity contribution in [1.29, 1.82) is 5.26 Å². The first-order valence-electron chi connectivity index (χ1n) is 6.02. The van der Waals surface area contributed by atoms with Crippen molar-refractivity contribution < 1.29 is 9.00 Å². The molecule has 1 rings (SSSR count). The minimum absolute atomic E-state index is 0.0355. The van der Waals surface area contributed by atoms with Crippen molar-refractivity contribution >= 4 is 16.7 Å². The van der Waals surface area contributed by atoms with Gasteiger partial charge in [0.1, 0.15) is 5.75 Å². The number of aryl methyl sites for hydroxylation is 2. The van der Waals surface area contributed by atoms with Crippen molar-refractivity contribution in [2.24, 2.45) is 0 Å². The van der Waals surface area contributed by atoms with Crippen LogP contribution < -0.4 is 0 Å². The molecule has 1 aromatic rings. The highest BCUT2D eigenvalue weighted by Gasteiger charge is 2.15. The Morgan fingerprint density at radius 2 is 2.11 bits per heavy atom. The van der Waals surface area contributed by atoms with Crippen LogP contribution in [-0.2, 0) is 15.6 Å². The number of carbonyl (C=O) groups excluding carboxylic acids is 1. The van der Waals surface area contributed by atoms with E-state index in [0.29, 0.717) is 17.9 Å². The number of carbonyl (C=O) groups is 1. The summed E-state index contributed by atoms with van der Waals surface area (Å²) in [5, 5.41) is 8.48. The van der Waals surface area contributed by atoms with Gasteiger partial charge in [0.15, 0.2) is 0 Å². The highest BCUT2D eigenvalue weighted by Crippen LogP contribution is 2.15. The summed E-state index contributed by atoms with van der Waals surface area (Å²) in [6.07, 6.45) is 0.290. The van der Waals surface area contributed by atoms with E-state index < -0.39 is 10.8 Å². The monoisotopic (exact) mass is 278 g/mol. The SMILES string of the molecule is Cc1ccc(C)c(S(=O)CC(=O)N(C)CCC#N)c1. The number of hydrogen-bond donors (Lipinski definition) is 0. The lowest BCUT2D eigenvalue weighted by atomic mass is 10.2. The van der Waals surface area contributed by atoms with Crippen LogP contribution in [0.1, 0.15) is 17.5 Å². The van der Waals surface area contributed by atoms with Gasteiger partial charge in [-0.25, -0.2) is 0 Å². The lowest BCUT2D eigenvalue weighted by molar-refractivity contribution is -0.127. The van der Waals surface area contributed by atoms with Gasteiger partial charge in [-0.05, 0) is 31.0 Å². The van der Waals surface area contributed by atoms with Crippen molar-refractivity contribution in [3.05, 3.63) is 29.3 Å². The molecule has 4 nitrogen and oxygen atoms in total. The van der Waals surface area contributed by atoms with Crippen LogP contribution in [0.25, 0.3) is 0 Å². The van der Waals surface area contributed by atoms with Crippen LogP contribution in [0.5, 0.6) is 0 Å². The zero-order valence-electron chi connectivity index (χ0n) is 11.5. The molecule has 0 fully saturated rings. The lowest BCUT2D eigenvalue weighted by Gasteiger charge is -2.15. The van der Waals surface area contributed by atoms with E-state index >= 15 is 0 Å². The van der Waals surface area contributed by atoms with Crippen LogP contribution in [0.15, 0.2) is 23.1 Å². The van der Waals surface area contributed by atoms with E-state index in [2.05, 4.69) is 0 Å². The Kier molecular flexibility index (Phi) is 5.71. The molecule has 0 aliphatic heterocycles. The molecule has 0 bridgehead atoms. The molecule has 0 radical (unpaired) electrons. The zero-order valence-corrected chi connectivity index (χ0v) is 12.3. The third-order valence-electron chi connectivity index (χ3n) is 2.83. The van der Waals surface area contributed by atoms with Crippen LogP contribution in [0.2, 0.25) is 0 Å². The quantitative estimate of drug-likeness (QED) is 0.825. The number of nitrogens with zero attached hydrogens (tertiary/aromatic N) is 2. The summed E-state index contributed by atoms with van der Waals surface area (Å²) in [7, 11) is 0.289. The number of nitriles is 1. The summed E-state index contributed by atoms with van der Waals surface area (Å²) in [4.78, 5) is 14.0. The molecule has 0 heterocycles. The Labute approximate surface area is 116 Å². The van der Waals surface area contributed by atoms with Gasteiger partial charge in [-0.15, -0.1) is 0 Å². The lowest BCUT2D eigenvalue weighted by Crippen LogP contribution is -2.31. The molecule has 0 spiro atoms. The van der Waals surface area contributed by atoms with Gasteiger partial charge in [-0.1, -0.05) is 12.1 Å². The second kappa shape index (κ2) is 7.05. The summed E-state index contributed by atoms with van der Waals surface area (Å²) in [6, 6.07) is 7.70. The van der Waals surface area contributed by atoms with Crippen molar-refractivity contribution in [3.8, 4) is 6.07 Å². The Morgan fingerprint density at radius 3 is 2.74 bits per heavy atom. The van der Waals surface area contributed by atoms with Crippen molar-refractivity contribution in [3.63, 3.8) is 0 Å². The minimum Gasteiger partial charge on any atom is -0.344 e. The maximum Gasteiger partial charge on any atom is 0.235 e. The maximum absolute atomic E-state index is 12.2. The fraction of sp³-hybridized carbons (Fsp3) is 0.429. The van der Waals surface area contributed by atoms with Crippen LogP contribution >= 0.6 is 0 Å². The van der Waals surface area contributed by atoms with E-state index in [1.807, 2.05) is 38.1 Å². The molecule has 102 valence electrons. The predicted octanol–water partition coefficient (Wildman–Crippen LogP) is 1.78. The topological polar surface area (TPSA) is 61.2 Å². The number of benzene rings is 1. The summed E-state index contributed by atoms with van der Waals surface area (Å²) < 4.78 is 12.2. The van der Waals surface area contributed by atoms with Crippen molar-refractivity contribution in [2.45, 2.75) is 25.2 Å². The van der Waals surface area contributed by atoms with Gasteiger partial charge in [0.2, 0.25) is 5.91 Å². The summed E-state index contributed by atoms with van der Waals surface area (Å²) in [5.41, 5.74) is 1.95. The normalized spacial score (nSPS) is 11.7. The Bertz CT molecular complexity index is 535. The average molecular weight is 278 g/mol. The highest BCUT2D eigenvalue weighted by atomic mass is 32.2. The van der Waals surface area contributed by atoms with Crippen molar-refractivity contribution in [1.82, 2.24) is 4.90 Å². The van der Waals surface area contributed by atoms with E-state index in [-0.39, 0.29) is 11.7 Å². The number of amides is 1. The largest absolute Gasteiger partial charge is 0.344 e. The second-order valence-corrected chi connectivity index (χ2v) is 5.90. The third-order valence-corrected chi connectivity index (χ3v) is 4.27. The van der Waals surface area contributed by atoms with Crippen LogP contribution in [0.3, 0.4) is 0 Å². The highest BCUT2D eigenvalue weighted by molar-refractivity contribution is 7.85. The van der Waals surface area contributed by atoms with E-state index in [1.54, 1.807) is 7.05 Å². The van der Waals surface area contributed by atoms with E-state index in [0.717, 1.165) is 11.1 Å². The molecule has 19 heavy (non-hydrogen) atoms. The van der Waals surface area contributed by atoms with Gasteiger partial charge in [-0.2, -0.15) is 5.26 Å². The molecule has 1 aromatic carbocycles. The first kappa shape index (κ1) is 15.4. The fourth-order valence-electron chi connectivity index (χ4n) is 1.60.